The van der Waals surface area contributed by atoms with E-state index in [1.807, 2.05) is 0 Å². The molecule has 0 aliphatic rings. The minimum Gasteiger partial charge on any atom is -0.477 e. The normalized spacial score (nSPS) is 11.9. The van der Waals surface area contributed by atoms with E-state index in [-0.39, 0.29) is 28.1 Å². The minimum atomic E-state index is -4.66. The van der Waals surface area contributed by atoms with Crippen molar-refractivity contribution in [3.8, 4) is 11.6 Å². The van der Waals surface area contributed by atoms with Gasteiger partial charge in [-0.1, -0.05) is 40.9 Å². The SMILES string of the molecule is CCOC(=NC(=O)Nc1cc(Cl)c(Oc2ncc(C(F)(F)F)cc2Cl)c(Cl)c1)c1c(F)cccc1F. The molecule has 36 heavy (non-hydrogen) atoms. The van der Waals surface area contributed by atoms with Gasteiger partial charge in [0.2, 0.25) is 11.8 Å². The van der Waals surface area contributed by atoms with Gasteiger partial charge in [-0.2, -0.15) is 18.2 Å². The fourth-order valence-electron chi connectivity index (χ4n) is 2.72. The molecule has 6 nitrogen and oxygen atoms in total. The van der Waals surface area contributed by atoms with Crippen molar-refractivity contribution in [2.45, 2.75) is 13.1 Å². The average Bonchev–Trinajstić information content (AvgIpc) is 2.76. The predicted octanol–water partition coefficient (Wildman–Crippen LogP) is 8.15. The molecular formula is C22H13Cl3F5N3O3. The summed E-state index contributed by atoms with van der Waals surface area (Å²) < 4.78 is 77.0. The zero-order chi connectivity index (χ0) is 26.6. The Hall–Kier alpha value is -3.15. The number of carbonyl (C=O) groups excluding carboxylic acids is 1. The van der Waals surface area contributed by atoms with E-state index in [4.69, 9.17) is 44.3 Å². The van der Waals surface area contributed by atoms with Crippen LogP contribution < -0.4 is 10.1 Å². The number of ether oxygens (including phenoxy) is 2. The van der Waals surface area contributed by atoms with Crippen LogP contribution in [0.3, 0.4) is 0 Å². The van der Waals surface area contributed by atoms with E-state index >= 15 is 0 Å². The Balaban J connectivity index is 1.84. The van der Waals surface area contributed by atoms with Crippen molar-refractivity contribution in [1.29, 1.82) is 0 Å². The van der Waals surface area contributed by atoms with Crippen LogP contribution in [0.25, 0.3) is 0 Å². The van der Waals surface area contributed by atoms with Gasteiger partial charge in [0.25, 0.3) is 0 Å². The fraction of sp³-hybridized carbons (Fsp3) is 0.136. The molecule has 14 heteroatoms. The molecule has 0 saturated heterocycles. The van der Waals surface area contributed by atoms with E-state index in [0.717, 1.165) is 18.2 Å². The maximum atomic E-state index is 14.1. The number of alkyl halides is 3. The number of aromatic nitrogens is 1. The van der Waals surface area contributed by atoms with Crippen molar-refractivity contribution in [2.24, 2.45) is 4.99 Å². The van der Waals surface area contributed by atoms with Crippen molar-refractivity contribution >= 4 is 52.4 Å². The number of aliphatic imine (C=N–C) groups is 1. The topological polar surface area (TPSA) is 72.8 Å². The quantitative estimate of drug-likeness (QED) is 0.192. The number of halogens is 8. The largest absolute Gasteiger partial charge is 0.477 e. The Kier molecular flexibility index (Phi) is 8.59. The molecule has 1 heterocycles. The second-order valence-electron chi connectivity index (χ2n) is 6.76. The first-order valence-electron chi connectivity index (χ1n) is 9.77. The first kappa shape index (κ1) is 27.4. The van der Waals surface area contributed by atoms with E-state index in [1.165, 1.54) is 19.1 Å². The summed E-state index contributed by atoms with van der Waals surface area (Å²) in [4.78, 5) is 19.5. The lowest BCUT2D eigenvalue weighted by Gasteiger charge is -2.13. The van der Waals surface area contributed by atoms with Gasteiger partial charge in [-0.25, -0.2) is 18.6 Å². The molecule has 190 valence electrons. The van der Waals surface area contributed by atoms with E-state index in [2.05, 4.69) is 15.3 Å². The van der Waals surface area contributed by atoms with Gasteiger partial charge < -0.3 is 14.8 Å². The molecular weight excluding hydrogens is 556 g/mol. The molecule has 1 N–H and O–H groups in total. The van der Waals surface area contributed by atoms with Crippen LogP contribution in [0.4, 0.5) is 32.4 Å². The Morgan fingerprint density at radius 2 is 1.67 bits per heavy atom. The Bertz CT molecular complexity index is 1290. The Morgan fingerprint density at radius 3 is 2.19 bits per heavy atom. The van der Waals surface area contributed by atoms with Crippen LogP contribution >= 0.6 is 34.8 Å². The van der Waals surface area contributed by atoms with Crippen LogP contribution in [0, 0.1) is 11.6 Å². The van der Waals surface area contributed by atoms with Crippen LogP contribution in [-0.2, 0) is 10.9 Å². The lowest BCUT2D eigenvalue weighted by Crippen LogP contribution is -2.16. The summed E-state index contributed by atoms with van der Waals surface area (Å²) in [5, 5.41) is 1.50. The molecule has 2 aromatic carbocycles. The summed E-state index contributed by atoms with van der Waals surface area (Å²) >= 11 is 18.1. The van der Waals surface area contributed by atoms with Gasteiger partial charge in [-0.05, 0) is 37.3 Å². The molecule has 0 fully saturated rings. The van der Waals surface area contributed by atoms with Crippen LogP contribution in [0.1, 0.15) is 18.1 Å². The van der Waals surface area contributed by atoms with E-state index in [0.29, 0.717) is 12.3 Å². The number of hydrogen-bond donors (Lipinski definition) is 1. The molecule has 0 spiro atoms. The van der Waals surface area contributed by atoms with E-state index in [9.17, 15) is 26.7 Å². The number of nitrogens with zero attached hydrogens (tertiary/aromatic N) is 2. The molecule has 0 bridgehead atoms. The van der Waals surface area contributed by atoms with Crippen LogP contribution in [0.5, 0.6) is 11.6 Å². The maximum absolute atomic E-state index is 14.1. The number of nitrogens with one attached hydrogen (secondary N) is 1. The molecule has 0 aliphatic carbocycles. The van der Waals surface area contributed by atoms with Crippen LogP contribution in [0.2, 0.25) is 15.1 Å². The summed E-state index contributed by atoms with van der Waals surface area (Å²) in [5.74, 6) is -3.18. The van der Waals surface area contributed by atoms with Crippen molar-refractivity contribution in [2.75, 3.05) is 11.9 Å². The Labute approximate surface area is 215 Å². The third-order valence-corrected chi connectivity index (χ3v) is 5.08. The summed E-state index contributed by atoms with van der Waals surface area (Å²) in [6.07, 6.45) is -4.14. The number of amides is 2. The van der Waals surface area contributed by atoms with Gasteiger partial charge in [0.15, 0.2) is 5.75 Å². The molecule has 3 rings (SSSR count). The van der Waals surface area contributed by atoms with Crippen molar-refractivity contribution < 1.29 is 36.2 Å². The van der Waals surface area contributed by atoms with Gasteiger partial charge in [-0.3, -0.25) is 0 Å². The maximum Gasteiger partial charge on any atom is 0.417 e. The lowest BCUT2D eigenvalue weighted by molar-refractivity contribution is -0.137. The number of carbonyl (C=O) groups is 1. The predicted molar refractivity (Wildman–Crippen MR) is 124 cm³/mol. The molecule has 0 atom stereocenters. The molecule has 2 amide bonds. The summed E-state index contributed by atoms with van der Waals surface area (Å²) in [6.45, 7) is 1.49. The van der Waals surface area contributed by atoms with Crippen LogP contribution in [0.15, 0.2) is 47.6 Å². The molecule has 3 aromatic rings. The second-order valence-corrected chi connectivity index (χ2v) is 7.98. The monoisotopic (exact) mass is 567 g/mol. The van der Waals surface area contributed by atoms with E-state index in [1.54, 1.807) is 0 Å². The highest BCUT2D eigenvalue weighted by Crippen LogP contribution is 2.41. The zero-order valence-corrected chi connectivity index (χ0v) is 20.2. The van der Waals surface area contributed by atoms with Crippen molar-refractivity contribution in [3.63, 3.8) is 0 Å². The van der Waals surface area contributed by atoms with Crippen molar-refractivity contribution in [1.82, 2.24) is 4.98 Å². The van der Waals surface area contributed by atoms with Crippen LogP contribution in [-0.4, -0.2) is 23.5 Å². The van der Waals surface area contributed by atoms with Gasteiger partial charge in [0.1, 0.15) is 22.2 Å². The summed E-state index contributed by atoms with van der Waals surface area (Å²) in [5.41, 5.74) is -1.71. The first-order valence-corrected chi connectivity index (χ1v) is 10.9. The average molecular weight is 569 g/mol. The van der Waals surface area contributed by atoms with Gasteiger partial charge in [0, 0.05) is 11.9 Å². The van der Waals surface area contributed by atoms with Gasteiger partial charge in [-0.15, -0.1) is 0 Å². The summed E-state index contributed by atoms with van der Waals surface area (Å²) in [6, 6.07) is 4.98. The number of anilines is 1. The minimum absolute atomic E-state index is 0.00225. The third kappa shape index (κ3) is 6.54. The molecule has 0 saturated carbocycles. The van der Waals surface area contributed by atoms with Gasteiger partial charge in [0.05, 0.1) is 22.2 Å². The van der Waals surface area contributed by atoms with Gasteiger partial charge >= 0.3 is 12.2 Å². The zero-order valence-electron chi connectivity index (χ0n) is 17.9. The second kappa shape index (κ2) is 11.3. The highest BCUT2D eigenvalue weighted by atomic mass is 35.5. The Morgan fingerprint density at radius 1 is 1.06 bits per heavy atom. The number of urea groups is 1. The molecule has 0 unspecified atom stereocenters. The van der Waals surface area contributed by atoms with E-state index < -0.39 is 51.8 Å². The molecule has 0 aliphatic heterocycles. The highest BCUT2D eigenvalue weighted by Gasteiger charge is 2.32. The smallest absolute Gasteiger partial charge is 0.417 e. The fourth-order valence-corrected chi connectivity index (χ4v) is 3.49. The molecule has 1 aromatic heterocycles. The number of pyridine rings is 1. The number of benzene rings is 2. The first-order chi connectivity index (χ1) is 16.9. The highest BCUT2D eigenvalue weighted by molar-refractivity contribution is 6.38. The molecule has 0 radical (unpaired) electrons. The number of hydrogen-bond acceptors (Lipinski definition) is 4. The lowest BCUT2D eigenvalue weighted by atomic mass is 10.2. The third-order valence-electron chi connectivity index (χ3n) is 4.24. The summed E-state index contributed by atoms with van der Waals surface area (Å²) in [7, 11) is 0. The van der Waals surface area contributed by atoms with Crippen molar-refractivity contribution in [3.05, 3.63) is 80.4 Å². The number of rotatable bonds is 5. The standard InChI is InChI=1S/C22H13Cl3F5N3O3/c1-2-35-20(17-15(26)4-3-5-16(17)27)33-21(34)32-11-7-12(23)18(13(24)8-11)36-19-14(25)6-10(9-31-19)22(28,29)30/h3-9H,2H2,1H3,(H,32,34).